The van der Waals surface area contributed by atoms with Crippen LogP contribution in [0.5, 0.6) is 0 Å². The molecule has 0 saturated heterocycles. The van der Waals surface area contributed by atoms with Gasteiger partial charge >= 0.3 is 0 Å². The Kier molecular flexibility index (Phi) is 7.44. The minimum atomic E-state index is -0.434. The minimum Gasteiger partial charge on any atom is -0.352 e. The Labute approximate surface area is 160 Å². The van der Waals surface area contributed by atoms with Crippen molar-refractivity contribution in [2.75, 3.05) is 18.4 Å². The van der Waals surface area contributed by atoms with Crippen LogP contribution in [0.3, 0.4) is 0 Å². The molecule has 0 heterocycles. The second-order valence-electron chi connectivity index (χ2n) is 5.32. The summed E-state index contributed by atoms with van der Waals surface area (Å²) in [6, 6.07) is 13.4. The molecular weight excluding hydrogens is 377 g/mol. The van der Waals surface area contributed by atoms with Gasteiger partial charge in [-0.25, -0.2) is 0 Å². The third kappa shape index (κ3) is 6.38. The number of benzene rings is 2. The molecule has 0 aromatic heterocycles. The van der Waals surface area contributed by atoms with Crippen molar-refractivity contribution >= 4 is 46.6 Å². The van der Waals surface area contributed by atoms with Gasteiger partial charge in [-0.2, -0.15) is 0 Å². The summed E-state index contributed by atoms with van der Waals surface area (Å²) in [5.41, 5.74) is 0.888. The van der Waals surface area contributed by atoms with E-state index in [4.69, 9.17) is 23.2 Å². The molecule has 2 aromatic carbocycles. The van der Waals surface area contributed by atoms with Crippen LogP contribution < -0.4 is 16.0 Å². The molecule has 136 valence electrons. The van der Waals surface area contributed by atoms with E-state index in [1.807, 2.05) is 6.07 Å². The predicted molar refractivity (Wildman–Crippen MR) is 101 cm³/mol. The third-order valence-electron chi connectivity index (χ3n) is 3.32. The summed E-state index contributed by atoms with van der Waals surface area (Å²) < 4.78 is 0. The molecule has 0 aliphatic carbocycles. The Balaban J connectivity index is 1.69. The number of hydrogen-bond donors (Lipinski definition) is 3. The SMILES string of the molecule is O=C(CCNC(=O)c1ccccc1)NCC(=O)Nc1cc(Cl)ccc1Cl. The van der Waals surface area contributed by atoms with Crippen LogP contribution in [0.1, 0.15) is 16.8 Å². The van der Waals surface area contributed by atoms with E-state index in [2.05, 4.69) is 16.0 Å². The molecule has 0 aliphatic heterocycles. The zero-order valence-electron chi connectivity index (χ0n) is 13.7. The van der Waals surface area contributed by atoms with Gasteiger partial charge in [0.05, 0.1) is 17.3 Å². The van der Waals surface area contributed by atoms with Crippen molar-refractivity contribution in [2.24, 2.45) is 0 Å². The van der Waals surface area contributed by atoms with Crippen LogP contribution in [0.15, 0.2) is 48.5 Å². The minimum absolute atomic E-state index is 0.0593. The number of carbonyl (C=O) groups is 3. The van der Waals surface area contributed by atoms with Crippen molar-refractivity contribution in [1.82, 2.24) is 10.6 Å². The number of anilines is 1. The van der Waals surface area contributed by atoms with Crippen molar-refractivity contribution in [3.8, 4) is 0 Å². The van der Waals surface area contributed by atoms with E-state index in [9.17, 15) is 14.4 Å². The number of amides is 3. The summed E-state index contributed by atoms with van der Waals surface area (Å²) in [5, 5.41) is 8.45. The lowest BCUT2D eigenvalue weighted by atomic mass is 10.2. The summed E-state index contributed by atoms with van der Waals surface area (Å²) in [6.07, 6.45) is 0.0593. The van der Waals surface area contributed by atoms with Gasteiger partial charge in [-0.3, -0.25) is 14.4 Å². The lowest BCUT2D eigenvalue weighted by Crippen LogP contribution is -2.35. The first-order chi connectivity index (χ1) is 12.5. The fraction of sp³-hybridized carbons (Fsp3) is 0.167. The average molecular weight is 394 g/mol. The molecule has 0 bridgehead atoms. The van der Waals surface area contributed by atoms with E-state index in [1.165, 1.54) is 6.07 Å². The average Bonchev–Trinajstić information content (AvgIpc) is 2.63. The van der Waals surface area contributed by atoms with E-state index in [0.717, 1.165) is 0 Å². The van der Waals surface area contributed by atoms with Crippen molar-refractivity contribution in [3.05, 3.63) is 64.1 Å². The standard InChI is InChI=1S/C18H17Cl2N3O3/c19-13-6-7-14(20)15(10-13)23-17(25)11-22-16(24)8-9-21-18(26)12-4-2-1-3-5-12/h1-7,10H,8-9,11H2,(H,21,26)(H,22,24)(H,23,25). The molecular formula is C18H17Cl2N3O3. The summed E-state index contributed by atoms with van der Waals surface area (Å²) in [5.74, 6) is -1.05. The molecule has 2 aromatic rings. The highest BCUT2D eigenvalue weighted by molar-refractivity contribution is 6.35. The van der Waals surface area contributed by atoms with Gasteiger partial charge in [0.25, 0.3) is 5.91 Å². The normalized spacial score (nSPS) is 10.1. The molecule has 3 amide bonds. The largest absolute Gasteiger partial charge is 0.352 e. The number of halogens is 2. The second kappa shape index (κ2) is 9.79. The zero-order valence-corrected chi connectivity index (χ0v) is 15.2. The third-order valence-corrected chi connectivity index (χ3v) is 3.89. The lowest BCUT2D eigenvalue weighted by Gasteiger charge is -2.09. The van der Waals surface area contributed by atoms with Crippen LogP contribution in [-0.4, -0.2) is 30.8 Å². The molecule has 3 N–H and O–H groups in total. The van der Waals surface area contributed by atoms with E-state index in [1.54, 1.807) is 36.4 Å². The maximum atomic E-state index is 11.9. The molecule has 6 nitrogen and oxygen atoms in total. The molecule has 0 aliphatic rings. The molecule has 0 radical (unpaired) electrons. The van der Waals surface area contributed by atoms with Gasteiger partial charge in [-0.05, 0) is 30.3 Å². The van der Waals surface area contributed by atoms with Crippen LogP contribution >= 0.6 is 23.2 Å². The fourth-order valence-corrected chi connectivity index (χ4v) is 2.37. The maximum absolute atomic E-state index is 11.9. The Morgan fingerprint density at radius 1 is 0.885 bits per heavy atom. The van der Waals surface area contributed by atoms with Gasteiger partial charge < -0.3 is 16.0 Å². The fourth-order valence-electron chi connectivity index (χ4n) is 2.04. The van der Waals surface area contributed by atoms with Crippen molar-refractivity contribution in [3.63, 3.8) is 0 Å². The van der Waals surface area contributed by atoms with E-state index < -0.39 is 5.91 Å². The Hall–Kier alpha value is -2.57. The highest BCUT2D eigenvalue weighted by Gasteiger charge is 2.09. The first kappa shape index (κ1) is 19.8. The Morgan fingerprint density at radius 3 is 2.35 bits per heavy atom. The van der Waals surface area contributed by atoms with Gasteiger partial charge in [0.2, 0.25) is 11.8 Å². The Bertz CT molecular complexity index is 798. The van der Waals surface area contributed by atoms with Crippen molar-refractivity contribution in [2.45, 2.75) is 6.42 Å². The van der Waals surface area contributed by atoms with Gasteiger partial charge in [0.1, 0.15) is 0 Å². The quantitative estimate of drug-likeness (QED) is 0.675. The predicted octanol–water partition coefficient (Wildman–Crippen LogP) is 2.87. The molecule has 0 unspecified atom stereocenters. The number of hydrogen-bond acceptors (Lipinski definition) is 3. The van der Waals surface area contributed by atoms with Gasteiger partial charge in [0, 0.05) is 23.6 Å². The van der Waals surface area contributed by atoms with Crippen LogP contribution in [0.25, 0.3) is 0 Å². The first-order valence-corrected chi connectivity index (χ1v) is 8.56. The first-order valence-electron chi connectivity index (χ1n) is 7.80. The lowest BCUT2D eigenvalue weighted by molar-refractivity contribution is -0.124. The number of rotatable bonds is 7. The summed E-state index contributed by atoms with van der Waals surface area (Å²) >= 11 is 11.8. The Morgan fingerprint density at radius 2 is 1.62 bits per heavy atom. The number of carbonyl (C=O) groups excluding carboxylic acids is 3. The summed E-state index contributed by atoms with van der Waals surface area (Å²) in [4.78, 5) is 35.4. The smallest absolute Gasteiger partial charge is 0.251 e. The van der Waals surface area contributed by atoms with E-state index in [0.29, 0.717) is 21.3 Å². The van der Waals surface area contributed by atoms with Crippen molar-refractivity contribution < 1.29 is 14.4 Å². The topological polar surface area (TPSA) is 87.3 Å². The van der Waals surface area contributed by atoms with Crippen LogP contribution in [0.4, 0.5) is 5.69 Å². The van der Waals surface area contributed by atoms with E-state index >= 15 is 0 Å². The molecule has 0 saturated carbocycles. The second-order valence-corrected chi connectivity index (χ2v) is 6.16. The highest BCUT2D eigenvalue weighted by atomic mass is 35.5. The summed E-state index contributed by atoms with van der Waals surface area (Å²) in [6.45, 7) is -0.0460. The maximum Gasteiger partial charge on any atom is 0.251 e. The monoisotopic (exact) mass is 393 g/mol. The molecule has 2 rings (SSSR count). The molecule has 26 heavy (non-hydrogen) atoms. The molecule has 0 atom stereocenters. The van der Waals surface area contributed by atoms with Gasteiger partial charge in [0.15, 0.2) is 0 Å². The highest BCUT2D eigenvalue weighted by Crippen LogP contribution is 2.25. The van der Waals surface area contributed by atoms with Gasteiger partial charge in [-0.1, -0.05) is 41.4 Å². The van der Waals surface area contributed by atoms with Crippen LogP contribution in [-0.2, 0) is 9.59 Å². The molecule has 0 spiro atoms. The number of nitrogens with one attached hydrogen (secondary N) is 3. The van der Waals surface area contributed by atoms with Crippen molar-refractivity contribution in [1.29, 1.82) is 0 Å². The molecule has 0 fully saturated rings. The molecule has 8 heteroatoms. The zero-order chi connectivity index (χ0) is 18.9. The van der Waals surface area contributed by atoms with Crippen LogP contribution in [0, 0.1) is 0 Å². The van der Waals surface area contributed by atoms with Crippen LogP contribution in [0.2, 0.25) is 10.0 Å². The summed E-state index contributed by atoms with van der Waals surface area (Å²) in [7, 11) is 0. The van der Waals surface area contributed by atoms with E-state index in [-0.39, 0.29) is 31.3 Å². The van der Waals surface area contributed by atoms with Gasteiger partial charge in [-0.15, -0.1) is 0 Å².